The highest BCUT2D eigenvalue weighted by Gasteiger charge is 2.23. The minimum atomic E-state index is -0.402. The molecule has 1 amide bonds. The molecule has 1 aromatic heterocycles. The fourth-order valence-corrected chi connectivity index (χ4v) is 3.76. The molecule has 2 aromatic rings. The lowest BCUT2D eigenvalue weighted by Gasteiger charge is -2.10. The van der Waals surface area contributed by atoms with Crippen LogP contribution in [0.25, 0.3) is 6.08 Å². The number of aryl methyl sites for hydroxylation is 1. The van der Waals surface area contributed by atoms with Gasteiger partial charge in [0.15, 0.2) is 0 Å². The van der Waals surface area contributed by atoms with Crippen LogP contribution in [0.4, 0.5) is 5.00 Å². The molecule has 1 N–H and O–H groups in total. The Kier molecular flexibility index (Phi) is 7.19. The largest absolute Gasteiger partial charge is 0.497 e. The highest BCUT2D eigenvalue weighted by Crippen LogP contribution is 2.34. The number of carbonyl (C=O) groups excluding carboxylic acids is 2. The van der Waals surface area contributed by atoms with Crippen molar-refractivity contribution in [2.75, 3.05) is 12.4 Å². The van der Waals surface area contributed by atoms with Crippen LogP contribution < -0.4 is 10.1 Å². The maximum absolute atomic E-state index is 12.5. The van der Waals surface area contributed by atoms with Crippen molar-refractivity contribution in [2.24, 2.45) is 0 Å². The average molecular weight is 388 g/mol. The van der Waals surface area contributed by atoms with Crippen LogP contribution in [-0.4, -0.2) is 25.1 Å². The summed E-state index contributed by atoms with van der Waals surface area (Å²) >= 11 is 1.39. The van der Waals surface area contributed by atoms with Gasteiger partial charge in [-0.3, -0.25) is 4.79 Å². The van der Waals surface area contributed by atoms with Gasteiger partial charge in [0.2, 0.25) is 5.91 Å². The van der Waals surface area contributed by atoms with Crippen molar-refractivity contribution in [2.45, 2.75) is 40.2 Å². The van der Waals surface area contributed by atoms with E-state index in [1.165, 1.54) is 17.4 Å². The Balaban J connectivity index is 2.18. The summed E-state index contributed by atoms with van der Waals surface area (Å²) in [5, 5.41) is 3.35. The third kappa shape index (κ3) is 5.44. The van der Waals surface area contributed by atoms with Crippen LogP contribution >= 0.6 is 11.3 Å². The maximum Gasteiger partial charge on any atom is 0.341 e. The SMILES string of the molecule is CCc1c(C)sc(NC(=O)C=Cc2ccc(OC)cc2)c1C(=O)OC(C)C. The molecule has 1 aromatic carbocycles. The zero-order valence-electron chi connectivity index (χ0n) is 16.3. The Hall–Kier alpha value is -2.60. The van der Waals surface area contributed by atoms with E-state index in [4.69, 9.17) is 9.47 Å². The van der Waals surface area contributed by atoms with Gasteiger partial charge in [0.05, 0.1) is 18.8 Å². The van der Waals surface area contributed by atoms with E-state index in [1.807, 2.05) is 38.1 Å². The van der Waals surface area contributed by atoms with Crippen LogP contribution in [0.5, 0.6) is 5.75 Å². The molecule has 0 radical (unpaired) electrons. The highest BCUT2D eigenvalue weighted by molar-refractivity contribution is 7.16. The molecular weight excluding hydrogens is 362 g/mol. The molecule has 0 fully saturated rings. The first-order chi connectivity index (χ1) is 12.8. The summed E-state index contributed by atoms with van der Waals surface area (Å²) in [6.07, 6.45) is 3.63. The van der Waals surface area contributed by atoms with E-state index >= 15 is 0 Å². The number of methoxy groups -OCH3 is 1. The predicted molar refractivity (Wildman–Crippen MR) is 110 cm³/mol. The Morgan fingerprint density at radius 1 is 1.22 bits per heavy atom. The van der Waals surface area contributed by atoms with E-state index in [-0.39, 0.29) is 12.0 Å². The molecule has 0 saturated heterocycles. The van der Waals surface area contributed by atoms with Gasteiger partial charge in [0, 0.05) is 11.0 Å². The first kappa shape index (κ1) is 20.7. The minimum Gasteiger partial charge on any atom is -0.497 e. The number of hydrogen-bond donors (Lipinski definition) is 1. The van der Waals surface area contributed by atoms with Crippen molar-refractivity contribution in [3.8, 4) is 5.75 Å². The van der Waals surface area contributed by atoms with Crippen molar-refractivity contribution in [3.63, 3.8) is 0 Å². The topological polar surface area (TPSA) is 64.6 Å². The third-order valence-corrected chi connectivity index (χ3v) is 4.95. The summed E-state index contributed by atoms with van der Waals surface area (Å²) in [5.74, 6) is 0.0556. The van der Waals surface area contributed by atoms with Crippen LogP contribution in [-0.2, 0) is 16.0 Å². The molecule has 2 rings (SSSR count). The van der Waals surface area contributed by atoms with E-state index in [0.717, 1.165) is 21.8 Å². The second-order valence-corrected chi connectivity index (χ2v) is 7.47. The molecular formula is C21H25NO4S. The van der Waals surface area contributed by atoms with Gasteiger partial charge in [-0.1, -0.05) is 19.1 Å². The summed E-state index contributed by atoms with van der Waals surface area (Å²) in [5.41, 5.74) is 2.25. The van der Waals surface area contributed by atoms with Crippen LogP contribution in [0.15, 0.2) is 30.3 Å². The summed E-state index contributed by atoms with van der Waals surface area (Å²) in [4.78, 5) is 25.8. The lowest BCUT2D eigenvalue weighted by molar-refractivity contribution is -0.111. The maximum atomic E-state index is 12.5. The normalized spacial score (nSPS) is 11.0. The van der Waals surface area contributed by atoms with Crippen molar-refractivity contribution >= 4 is 34.3 Å². The van der Waals surface area contributed by atoms with E-state index in [2.05, 4.69) is 5.32 Å². The number of benzene rings is 1. The molecule has 0 unspecified atom stereocenters. The summed E-state index contributed by atoms with van der Waals surface area (Å²) in [7, 11) is 1.60. The van der Waals surface area contributed by atoms with E-state index in [0.29, 0.717) is 17.0 Å². The second-order valence-electron chi connectivity index (χ2n) is 6.24. The zero-order valence-corrected chi connectivity index (χ0v) is 17.1. The molecule has 0 bridgehead atoms. The van der Waals surface area contributed by atoms with Crippen molar-refractivity contribution < 1.29 is 19.1 Å². The van der Waals surface area contributed by atoms with Gasteiger partial charge in [-0.15, -0.1) is 11.3 Å². The summed E-state index contributed by atoms with van der Waals surface area (Å²) < 4.78 is 10.5. The molecule has 0 spiro atoms. The lowest BCUT2D eigenvalue weighted by Crippen LogP contribution is -2.16. The Bertz CT molecular complexity index is 835. The molecule has 0 aliphatic rings. The Morgan fingerprint density at radius 3 is 2.44 bits per heavy atom. The highest BCUT2D eigenvalue weighted by atomic mass is 32.1. The molecule has 0 saturated carbocycles. The molecule has 0 aliphatic heterocycles. The van der Waals surface area contributed by atoms with Crippen molar-refractivity contribution in [1.82, 2.24) is 0 Å². The van der Waals surface area contributed by atoms with Crippen LogP contribution in [0.1, 0.15) is 47.1 Å². The monoisotopic (exact) mass is 387 g/mol. The first-order valence-electron chi connectivity index (χ1n) is 8.82. The quantitative estimate of drug-likeness (QED) is 0.545. The third-order valence-electron chi connectivity index (χ3n) is 3.89. The van der Waals surface area contributed by atoms with Crippen LogP contribution in [0.2, 0.25) is 0 Å². The molecule has 144 valence electrons. The molecule has 0 atom stereocenters. The van der Waals surface area contributed by atoms with Crippen LogP contribution in [0, 0.1) is 6.92 Å². The number of anilines is 1. The Morgan fingerprint density at radius 2 is 1.89 bits per heavy atom. The van der Waals surface area contributed by atoms with Crippen LogP contribution in [0.3, 0.4) is 0 Å². The minimum absolute atomic E-state index is 0.221. The van der Waals surface area contributed by atoms with Gasteiger partial charge in [-0.05, 0) is 56.5 Å². The van der Waals surface area contributed by atoms with Gasteiger partial charge < -0.3 is 14.8 Å². The average Bonchev–Trinajstić information content (AvgIpc) is 2.94. The molecule has 5 nitrogen and oxygen atoms in total. The smallest absolute Gasteiger partial charge is 0.341 e. The van der Waals surface area contributed by atoms with E-state index in [9.17, 15) is 9.59 Å². The lowest BCUT2D eigenvalue weighted by atomic mass is 10.1. The number of hydrogen-bond acceptors (Lipinski definition) is 5. The number of esters is 1. The van der Waals surface area contributed by atoms with Gasteiger partial charge >= 0.3 is 5.97 Å². The van der Waals surface area contributed by atoms with Crippen molar-refractivity contribution in [3.05, 3.63) is 51.9 Å². The number of nitrogens with one attached hydrogen (secondary N) is 1. The predicted octanol–water partition coefficient (Wildman–Crippen LogP) is 4.84. The molecule has 27 heavy (non-hydrogen) atoms. The standard InChI is InChI=1S/C21H25NO4S/c1-6-17-14(4)27-20(19(17)21(24)26-13(2)3)22-18(23)12-9-15-7-10-16(25-5)11-8-15/h7-13H,6H2,1-5H3,(H,22,23). The first-order valence-corrected chi connectivity index (χ1v) is 9.63. The summed E-state index contributed by atoms with van der Waals surface area (Å²) in [6.45, 7) is 7.53. The van der Waals surface area contributed by atoms with Gasteiger partial charge in [-0.2, -0.15) is 0 Å². The van der Waals surface area contributed by atoms with E-state index in [1.54, 1.807) is 27.0 Å². The number of amides is 1. The van der Waals surface area contributed by atoms with Gasteiger partial charge in [0.1, 0.15) is 10.8 Å². The fourth-order valence-electron chi connectivity index (χ4n) is 2.62. The Labute approximate surface area is 164 Å². The molecule has 0 aliphatic carbocycles. The molecule has 6 heteroatoms. The fraction of sp³-hybridized carbons (Fsp3) is 0.333. The van der Waals surface area contributed by atoms with Gasteiger partial charge in [-0.25, -0.2) is 4.79 Å². The van der Waals surface area contributed by atoms with Gasteiger partial charge in [0.25, 0.3) is 0 Å². The second kappa shape index (κ2) is 9.37. The number of carbonyl (C=O) groups is 2. The zero-order chi connectivity index (χ0) is 20.0. The molecule has 1 heterocycles. The number of ether oxygens (including phenoxy) is 2. The number of thiophene rings is 1. The number of rotatable bonds is 7. The van der Waals surface area contributed by atoms with E-state index < -0.39 is 5.97 Å². The van der Waals surface area contributed by atoms with Crippen molar-refractivity contribution in [1.29, 1.82) is 0 Å². The summed E-state index contributed by atoms with van der Waals surface area (Å²) in [6, 6.07) is 7.37.